The quantitative estimate of drug-likeness (QED) is 0.812. The highest BCUT2D eigenvalue weighted by Gasteiger charge is 2.22. The van der Waals surface area contributed by atoms with Crippen LogP contribution in [0.2, 0.25) is 0 Å². The van der Waals surface area contributed by atoms with Crippen LogP contribution in [-0.2, 0) is 13.0 Å². The van der Waals surface area contributed by atoms with Crippen LogP contribution in [0.1, 0.15) is 18.1 Å². The molecule has 1 aromatic rings. The molecule has 0 aromatic heterocycles. The lowest BCUT2D eigenvalue weighted by molar-refractivity contribution is -0.914. The Bertz CT molecular complexity index is 359. The van der Waals surface area contributed by atoms with Gasteiger partial charge in [0.25, 0.3) is 0 Å². The number of ether oxygens (including phenoxy) is 2. The summed E-state index contributed by atoms with van der Waals surface area (Å²) in [7, 11) is 3.43. The van der Waals surface area contributed by atoms with Crippen LogP contribution in [0.25, 0.3) is 0 Å². The molecule has 1 aromatic carbocycles. The molecular formula is C13H20NO2+. The Morgan fingerprint density at radius 3 is 2.69 bits per heavy atom. The Hall–Kier alpha value is -1.22. The van der Waals surface area contributed by atoms with E-state index in [1.807, 2.05) is 6.07 Å². The average molecular weight is 222 g/mol. The van der Waals surface area contributed by atoms with Crippen molar-refractivity contribution in [1.29, 1.82) is 0 Å². The van der Waals surface area contributed by atoms with E-state index in [9.17, 15) is 0 Å². The first-order valence-electron chi connectivity index (χ1n) is 5.85. The van der Waals surface area contributed by atoms with E-state index in [1.165, 1.54) is 24.2 Å². The summed E-state index contributed by atoms with van der Waals surface area (Å²) in [5.74, 6) is 1.87. The molecule has 0 spiro atoms. The van der Waals surface area contributed by atoms with Crippen LogP contribution in [0.5, 0.6) is 11.5 Å². The third-order valence-electron chi connectivity index (χ3n) is 3.41. The van der Waals surface area contributed by atoms with Crippen molar-refractivity contribution in [2.45, 2.75) is 19.9 Å². The van der Waals surface area contributed by atoms with Crippen molar-refractivity contribution in [3.63, 3.8) is 0 Å². The van der Waals surface area contributed by atoms with Gasteiger partial charge in [0.1, 0.15) is 18.0 Å². The summed E-state index contributed by atoms with van der Waals surface area (Å²) in [4.78, 5) is 1.62. The molecule has 1 N–H and O–H groups in total. The molecule has 1 aliphatic heterocycles. The van der Waals surface area contributed by atoms with E-state index in [4.69, 9.17) is 9.47 Å². The van der Waals surface area contributed by atoms with E-state index in [1.54, 1.807) is 19.1 Å². The van der Waals surface area contributed by atoms with Gasteiger partial charge in [-0.1, -0.05) is 0 Å². The molecule has 2 rings (SSSR count). The van der Waals surface area contributed by atoms with Crippen molar-refractivity contribution in [2.24, 2.45) is 0 Å². The maximum absolute atomic E-state index is 5.45. The molecule has 0 amide bonds. The molecule has 3 nitrogen and oxygen atoms in total. The largest absolute Gasteiger partial charge is 0.497 e. The van der Waals surface area contributed by atoms with Gasteiger partial charge in [0.05, 0.1) is 32.9 Å². The molecule has 0 aliphatic carbocycles. The fourth-order valence-electron chi connectivity index (χ4n) is 2.35. The van der Waals surface area contributed by atoms with Gasteiger partial charge in [-0.25, -0.2) is 0 Å². The number of rotatable bonds is 3. The second-order valence-electron chi connectivity index (χ2n) is 4.25. The molecule has 0 radical (unpaired) electrons. The van der Waals surface area contributed by atoms with Gasteiger partial charge < -0.3 is 14.4 Å². The van der Waals surface area contributed by atoms with Gasteiger partial charge in [-0.2, -0.15) is 0 Å². The summed E-state index contributed by atoms with van der Waals surface area (Å²) in [5, 5.41) is 0. The number of hydrogen-bond donors (Lipinski definition) is 1. The molecule has 1 unspecified atom stereocenters. The van der Waals surface area contributed by atoms with Crippen LogP contribution in [0.3, 0.4) is 0 Å². The van der Waals surface area contributed by atoms with Crippen LogP contribution in [0.4, 0.5) is 0 Å². The van der Waals surface area contributed by atoms with Gasteiger partial charge in [-0.15, -0.1) is 0 Å². The number of methoxy groups -OCH3 is 2. The summed E-state index contributed by atoms with van der Waals surface area (Å²) >= 11 is 0. The number of benzene rings is 1. The molecule has 3 heteroatoms. The molecule has 0 fully saturated rings. The summed E-state index contributed by atoms with van der Waals surface area (Å²) < 4.78 is 10.7. The minimum absolute atomic E-state index is 0.899. The Labute approximate surface area is 97.0 Å². The van der Waals surface area contributed by atoms with Crippen molar-refractivity contribution in [1.82, 2.24) is 0 Å². The van der Waals surface area contributed by atoms with Crippen LogP contribution < -0.4 is 14.4 Å². The lowest BCUT2D eigenvalue weighted by Crippen LogP contribution is -3.11. The third kappa shape index (κ3) is 2.00. The van der Waals surface area contributed by atoms with E-state index in [-0.39, 0.29) is 0 Å². The lowest BCUT2D eigenvalue weighted by Gasteiger charge is -2.26. The fourth-order valence-corrected chi connectivity index (χ4v) is 2.35. The average Bonchev–Trinajstić information content (AvgIpc) is 2.36. The Morgan fingerprint density at radius 2 is 2.06 bits per heavy atom. The SMILES string of the molecule is CC[NH+]1CCc2cc(OC)cc(OC)c2C1. The van der Waals surface area contributed by atoms with E-state index in [2.05, 4.69) is 13.0 Å². The molecule has 1 aliphatic rings. The minimum Gasteiger partial charge on any atom is -0.497 e. The third-order valence-corrected chi connectivity index (χ3v) is 3.41. The maximum atomic E-state index is 5.45. The number of hydrogen-bond acceptors (Lipinski definition) is 2. The monoisotopic (exact) mass is 222 g/mol. The van der Waals surface area contributed by atoms with Gasteiger partial charge in [-0.3, -0.25) is 0 Å². The summed E-state index contributed by atoms with van der Waals surface area (Å²) in [5.41, 5.74) is 2.74. The topological polar surface area (TPSA) is 22.9 Å². The Balaban J connectivity index is 2.38. The van der Waals surface area contributed by atoms with E-state index >= 15 is 0 Å². The first-order chi connectivity index (χ1) is 7.78. The highest BCUT2D eigenvalue weighted by Crippen LogP contribution is 2.29. The van der Waals surface area contributed by atoms with Crippen LogP contribution in [0, 0.1) is 0 Å². The zero-order chi connectivity index (χ0) is 11.5. The molecule has 16 heavy (non-hydrogen) atoms. The molecule has 0 bridgehead atoms. The van der Waals surface area contributed by atoms with Crippen molar-refractivity contribution < 1.29 is 14.4 Å². The first-order valence-corrected chi connectivity index (χ1v) is 5.85. The molecule has 1 heterocycles. The maximum Gasteiger partial charge on any atom is 0.131 e. The van der Waals surface area contributed by atoms with Crippen molar-refractivity contribution in [2.75, 3.05) is 27.3 Å². The predicted octanol–water partition coefficient (Wildman–Crippen LogP) is 0.665. The van der Waals surface area contributed by atoms with Crippen LogP contribution in [-0.4, -0.2) is 27.3 Å². The lowest BCUT2D eigenvalue weighted by atomic mass is 9.98. The standard InChI is InChI=1S/C13H19NO2/c1-4-14-6-5-10-7-11(15-2)8-13(16-3)12(10)9-14/h7-8H,4-6,9H2,1-3H3/p+1. The highest BCUT2D eigenvalue weighted by atomic mass is 16.5. The molecular weight excluding hydrogens is 202 g/mol. The van der Waals surface area contributed by atoms with Crippen molar-refractivity contribution >= 4 is 0 Å². The number of nitrogens with one attached hydrogen (secondary N) is 1. The highest BCUT2D eigenvalue weighted by molar-refractivity contribution is 5.47. The second-order valence-corrected chi connectivity index (χ2v) is 4.25. The van der Waals surface area contributed by atoms with Gasteiger partial charge in [0.2, 0.25) is 0 Å². The van der Waals surface area contributed by atoms with E-state index < -0.39 is 0 Å². The fraction of sp³-hybridized carbons (Fsp3) is 0.538. The van der Waals surface area contributed by atoms with E-state index in [0.717, 1.165) is 24.5 Å². The smallest absolute Gasteiger partial charge is 0.131 e. The van der Waals surface area contributed by atoms with Crippen molar-refractivity contribution in [3.05, 3.63) is 23.3 Å². The summed E-state index contributed by atoms with van der Waals surface area (Å²) in [6.07, 6.45) is 1.12. The predicted molar refractivity (Wildman–Crippen MR) is 63.3 cm³/mol. The second kappa shape index (κ2) is 4.74. The number of quaternary nitrogens is 1. The Kier molecular flexibility index (Phi) is 3.34. The van der Waals surface area contributed by atoms with Gasteiger partial charge in [0.15, 0.2) is 0 Å². The zero-order valence-corrected chi connectivity index (χ0v) is 10.3. The molecule has 0 saturated heterocycles. The Morgan fingerprint density at radius 1 is 1.25 bits per heavy atom. The molecule has 0 saturated carbocycles. The first kappa shape index (κ1) is 11.3. The van der Waals surface area contributed by atoms with Gasteiger partial charge >= 0.3 is 0 Å². The van der Waals surface area contributed by atoms with Gasteiger partial charge in [0, 0.05) is 12.5 Å². The summed E-state index contributed by atoms with van der Waals surface area (Å²) in [6, 6.07) is 4.13. The number of fused-ring (bicyclic) bond motifs is 1. The zero-order valence-electron chi connectivity index (χ0n) is 10.3. The number of likely N-dealkylation sites (N-methyl/N-ethyl adjacent to an activating group) is 1. The summed E-state index contributed by atoms with van der Waals surface area (Å²) in [6.45, 7) is 5.68. The van der Waals surface area contributed by atoms with Crippen LogP contribution in [0.15, 0.2) is 12.1 Å². The normalized spacial score (nSPS) is 19.1. The molecule has 1 atom stereocenters. The van der Waals surface area contributed by atoms with Crippen LogP contribution >= 0.6 is 0 Å². The van der Waals surface area contributed by atoms with Crippen molar-refractivity contribution in [3.8, 4) is 11.5 Å². The minimum atomic E-state index is 0.899. The molecule has 88 valence electrons. The van der Waals surface area contributed by atoms with Gasteiger partial charge in [-0.05, 0) is 18.6 Å². The van der Waals surface area contributed by atoms with E-state index in [0.29, 0.717) is 0 Å².